The molecule has 2 aliphatic heterocycles. The third kappa shape index (κ3) is 12.0. The summed E-state index contributed by atoms with van der Waals surface area (Å²) in [4.78, 5) is 39.3. The second kappa shape index (κ2) is 21.0. The maximum atomic E-state index is 13.7. The van der Waals surface area contributed by atoms with Crippen LogP contribution in [-0.2, 0) is 45.3 Å². The molecule has 0 N–H and O–H groups in total. The Morgan fingerprint density at radius 3 is 1.33 bits per heavy atom. The summed E-state index contributed by atoms with van der Waals surface area (Å²) >= 11 is 0. The molecule has 2 fully saturated rings. The third-order valence-electron chi connectivity index (χ3n) is 12.4. The average Bonchev–Trinajstić information content (AvgIpc) is 3.28. The molecule has 0 amide bonds. The van der Waals surface area contributed by atoms with Crippen LogP contribution in [-0.4, -0.2) is 60.5 Å². The topological polar surface area (TPSA) is 96.0 Å². The van der Waals surface area contributed by atoms with Crippen LogP contribution in [0.15, 0.2) is 97.1 Å². The lowest BCUT2D eigenvalue weighted by atomic mass is 9.89. The van der Waals surface area contributed by atoms with Crippen molar-refractivity contribution in [1.29, 1.82) is 0 Å². The molecule has 0 saturated heterocycles. The van der Waals surface area contributed by atoms with Crippen LogP contribution in [0, 0.1) is 11.8 Å². The van der Waals surface area contributed by atoms with Gasteiger partial charge >= 0.3 is 11.9 Å². The zero-order chi connectivity index (χ0) is 40.9. The molecule has 60 heavy (non-hydrogen) atoms. The van der Waals surface area contributed by atoms with E-state index in [9.17, 15) is 9.59 Å². The smallest absolute Gasteiger partial charge is 0.438 e. The first-order chi connectivity index (χ1) is 29.5. The van der Waals surface area contributed by atoms with Gasteiger partial charge in [0.1, 0.15) is 48.4 Å². The lowest BCUT2D eigenvalue weighted by Crippen LogP contribution is -2.45. The number of hydrogen-bond donors (Lipinski definition) is 0. The SMILES string of the molecule is O=C(ON(CC1CCCCC1)CC1CCc2ccc(OCc3ccccc3)cc2O1)C(=O)ON(CC1CCCCC1)CC1CCc2ccc(OCc3ccccc3)cc2O1. The maximum Gasteiger partial charge on any atom is 0.438 e. The molecule has 318 valence electrons. The van der Waals surface area contributed by atoms with Gasteiger partial charge in [-0.05, 0) is 97.6 Å². The lowest BCUT2D eigenvalue weighted by Gasteiger charge is -2.34. The van der Waals surface area contributed by atoms with Crippen LogP contribution >= 0.6 is 0 Å². The minimum Gasteiger partial charge on any atom is -0.489 e. The molecular weight excluding hydrogens is 757 g/mol. The van der Waals surface area contributed by atoms with Gasteiger partial charge in [-0.25, -0.2) is 9.59 Å². The van der Waals surface area contributed by atoms with E-state index in [0.29, 0.717) is 51.2 Å². The summed E-state index contributed by atoms with van der Waals surface area (Å²) in [5.41, 5.74) is 4.44. The van der Waals surface area contributed by atoms with Crippen molar-refractivity contribution in [3.8, 4) is 23.0 Å². The number of hydroxylamine groups is 4. The van der Waals surface area contributed by atoms with Crippen molar-refractivity contribution in [3.63, 3.8) is 0 Å². The van der Waals surface area contributed by atoms with Gasteiger partial charge in [-0.1, -0.05) is 111 Å². The first-order valence-electron chi connectivity index (χ1n) is 22.4. The van der Waals surface area contributed by atoms with Gasteiger partial charge in [-0.15, -0.1) is 10.1 Å². The Labute approximate surface area is 354 Å². The second-order valence-electron chi connectivity index (χ2n) is 17.1. The van der Waals surface area contributed by atoms with Gasteiger partial charge < -0.3 is 28.6 Å². The van der Waals surface area contributed by atoms with Gasteiger partial charge in [0.2, 0.25) is 0 Å². The number of fused-ring (bicyclic) bond motifs is 2. The van der Waals surface area contributed by atoms with Gasteiger partial charge in [0.25, 0.3) is 0 Å². The minimum absolute atomic E-state index is 0.229. The highest BCUT2D eigenvalue weighted by atomic mass is 16.8. The summed E-state index contributed by atoms with van der Waals surface area (Å²) in [7, 11) is 0. The zero-order valence-electron chi connectivity index (χ0n) is 34.8. The Hall–Kier alpha value is -5.06. The Bertz CT molecular complexity index is 1840. The van der Waals surface area contributed by atoms with Crippen LogP contribution < -0.4 is 18.9 Å². The number of benzene rings is 4. The normalized spacial score (nSPS) is 19.4. The number of hydrogen-bond acceptors (Lipinski definition) is 10. The average molecular weight is 817 g/mol. The molecule has 4 aromatic carbocycles. The van der Waals surface area contributed by atoms with E-state index in [2.05, 4.69) is 12.1 Å². The van der Waals surface area contributed by atoms with E-state index in [1.807, 2.05) is 84.9 Å². The Morgan fingerprint density at radius 1 is 0.500 bits per heavy atom. The molecule has 0 aromatic heterocycles. The van der Waals surface area contributed by atoms with E-state index in [1.165, 1.54) is 12.8 Å². The summed E-state index contributed by atoms with van der Waals surface area (Å²) in [6.45, 7) is 2.73. The minimum atomic E-state index is -1.01. The van der Waals surface area contributed by atoms with Crippen LogP contribution in [0.3, 0.4) is 0 Å². The predicted molar refractivity (Wildman–Crippen MR) is 228 cm³/mol. The van der Waals surface area contributed by atoms with E-state index >= 15 is 0 Å². The van der Waals surface area contributed by atoms with Crippen molar-refractivity contribution in [3.05, 3.63) is 119 Å². The largest absolute Gasteiger partial charge is 0.489 e. The standard InChI is InChI=1S/C50H60N2O8/c53-49(59-51(31-37-13-5-1-6-14-37)33-45-27-23-41-21-25-43(29-47(41)57-45)55-35-39-17-9-3-10-18-39)50(54)60-52(32-38-15-7-2-8-16-38)34-46-28-24-42-22-26-44(30-48(42)58-46)56-36-40-19-11-4-12-20-40/h3-4,9-12,17-22,25-26,29-30,37-38,45-46H,1-2,5-8,13-16,23-24,27-28,31-36H2. The zero-order valence-corrected chi connectivity index (χ0v) is 34.8. The molecule has 8 rings (SSSR count). The van der Waals surface area contributed by atoms with Crippen LogP contribution in [0.2, 0.25) is 0 Å². The molecule has 0 bridgehead atoms. The van der Waals surface area contributed by atoms with Gasteiger partial charge in [0.05, 0.1) is 13.1 Å². The maximum absolute atomic E-state index is 13.7. The fraction of sp³-hybridized carbons (Fsp3) is 0.480. The van der Waals surface area contributed by atoms with Crippen molar-refractivity contribution in [2.24, 2.45) is 11.8 Å². The fourth-order valence-corrected chi connectivity index (χ4v) is 9.11. The quantitative estimate of drug-likeness (QED) is 0.0804. The first kappa shape index (κ1) is 41.7. The first-order valence-corrected chi connectivity index (χ1v) is 22.4. The number of ether oxygens (including phenoxy) is 4. The number of carbonyl (C=O) groups excluding carboxylic acids is 2. The molecule has 10 nitrogen and oxygen atoms in total. The number of aryl methyl sites for hydroxylation is 2. The highest BCUT2D eigenvalue weighted by Gasteiger charge is 2.33. The van der Waals surface area contributed by atoms with E-state index in [4.69, 9.17) is 28.6 Å². The highest BCUT2D eigenvalue weighted by molar-refractivity contribution is 6.29. The van der Waals surface area contributed by atoms with Crippen molar-refractivity contribution in [1.82, 2.24) is 10.1 Å². The summed E-state index contributed by atoms with van der Waals surface area (Å²) in [5.74, 6) is 1.76. The molecule has 2 saturated carbocycles. The highest BCUT2D eigenvalue weighted by Crippen LogP contribution is 2.34. The Kier molecular flexibility index (Phi) is 14.6. The van der Waals surface area contributed by atoms with Crippen LogP contribution in [0.5, 0.6) is 23.0 Å². The third-order valence-corrected chi connectivity index (χ3v) is 12.4. The van der Waals surface area contributed by atoms with Crippen molar-refractivity contribution in [2.45, 2.75) is 115 Å². The Morgan fingerprint density at radius 2 is 0.917 bits per heavy atom. The van der Waals surface area contributed by atoms with E-state index in [-0.39, 0.29) is 12.2 Å². The molecule has 2 aliphatic carbocycles. The molecule has 2 heterocycles. The molecule has 0 radical (unpaired) electrons. The second-order valence-corrected chi connectivity index (χ2v) is 17.1. The van der Waals surface area contributed by atoms with Gasteiger partial charge in [0, 0.05) is 25.2 Å². The molecular formula is C50H60N2O8. The van der Waals surface area contributed by atoms with Crippen molar-refractivity contribution in [2.75, 3.05) is 26.2 Å². The van der Waals surface area contributed by atoms with Crippen LogP contribution in [0.25, 0.3) is 0 Å². The predicted octanol–water partition coefficient (Wildman–Crippen LogP) is 9.61. The summed E-state index contributed by atoms with van der Waals surface area (Å²) < 4.78 is 25.2. The van der Waals surface area contributed by atoms with Gasteiger partial charge in [-0.3, -0.25) is 0 Å². The molecule has 2 unspecified atom stereocenters. The molecule has 10 heteroatoms. The summed E-state index contributed by atoms with van der Waals surface area (Å²) in [6.07, 6.45) is 14.0. The van der Waals surface area contributed by atoms with Crippen molar-refractivity contribution < 1.29 is 38.2 Å². The summed E-state index contributed by atoms with van der Waals surface area (Å²) in [6, 6.07) is 32.2. The van der Waals surface area contributed by atoms with Crippen LogP contribution in [0.1, 0.15) is 99.3 Å². The van der Waals surface area contributed by atoms with Gasteiger partial charge in [0.15, 0.2) is 0 Å². The van der Waals surface area contributed by atoms with Gasteiger partial charge in [-0.2, -0.15) is 0 Å². The number of rotatable bonds is 16. The fourth-order valence-electron chi connectivity index (χ4n) is 9.11. The molecule has 2 atom stereocenters. The number of carbonyl (C=O) groups is 2. The lowest BCUT2D eigenvalue weighted by molar-refractivity contribution is -0.225. The molecule has 4 aromatic rings. The van der Waals surface area contributed by atoms with Crippen LogP contribution in [0.4, 0.5) is 0 Å². The van der Waals surface area contributed by atoms with E-state index < -0.39 is 11.9 Å². The summed E-state index contributed by atoms with van der Waals surface area (Å²) in [5, 5.41) is 3.32. The van der Waals surface area contributed by atoms with E-state index in [0.717, 1.165) is 122 Å². The Balaban J connectivity index is 0.897. The van der Waals surface area contributed by atoms with E-state index in [1.54, 1.807) is 10.1 Å². The monoisotopic (exact) mass is 816 g/mol. The molecule has 0 spiro atoms. The number of nitrogens with zero attached hydrogens (tertiary/aromatic N) is 2. The molecule has 4 aliphatic rings. The van der Waals surface area contributed by atoms with Crippen molar-refractivity contribution >= 4 is 11.9 Å².